The first-order valence-electron chi connectivity index (χ1n) is 10.1. The Morgan fingerprint density at radius 1 is 1.23 bits per heavy atom. The lowest BCUT2D eigenvalue weighted by Crippen LogP contribution is -2.49. The molecule has 1 aliphatic heterocycles. The summed E-state index contributed by atoms with van der Waals surface area (Å²) < 4.78 is 6.17. The third-order valence-corrected chi connectivity index (χ3v) is 6.03. The van der Waals surface area contributed by atoms with E-state index in [1.54, 1.807) is 7.11 Å². The van der Waals surface area contributed by atoms with Gasteiger partial charge in [0, 0.05) is 43.8 Å². The second kappa shape index (κ2) is 8.55. The molecule has 1 aromatic carbocycles. The summed E-state index contributed by atoms with van der Waals surface area (Å²) in [7, 11) is 1.63. The van der Waals surface area contributed by atoms with Crippen LogP contribution in [0.3, 0.4) is 0 Å². The van der Waals surface area contributed by atoms with Gasteiger partial charge in [0.1, 0.15) is 11.4 Å². The Labute approximate surface area is 184 Å². The number of hydrogen-bond acceptors (Lipinski definition) is 5. The number of rotatable bonds is 5. The number of hydrogen-bond donors (Lipinski definition) is 2. The van der Waals surface area contributed by atoms with Gasteiger partial charge in [-0.15, -0.1) is 0 Å². The van der Waals surface area contributed by atoms with Crippen LogP contribution in [0.2, 0.25) is 0 Å². The molecule has 30 heavy (non-hydrogen) atoms. The summed E-state index contributed by atoms with van der Waals surface area (Å²) >= 11 is 3.56. The van der Waals surface area contributed by atoms with Crippen LogP contribution < -0.4 is 15.0 Å². The first-order chi connectivity index (χ1) is 14.5. The lowest BCUT2D eigenvalue weighted by Gasteiger charge is -2.36. The van der Waals surface area contributed by atoms with Gasteiger partial charge in [-0.05, 0) is 60.1 Å². The molecule has 3 aromatic rings. The molecule has 1 aliphatic rings. The molecule has 1 fully saturated rings. The Morgan fingerprint density at radius 2 is 2.00 bits per heavy atom. The lowest BCUT2D eigenvalue weighted by molar-refractivity contribution is 0.0741. The molecular formula is C22H26BrN5O2. The molecule has 0 atom stereocenters. The monoisotopic (exact) mass is 471 g/mol. The van der Waals surface area contributed by atoms with Crippen molar-refractivity contribution in [3.05, 3.63) is 46.7 Å². The highest BCUT2D eigenvalue weighted by molar-refractivity contribution is 9.10. The van der Waals surface area contributed by atoms with Crippen LogP contribution in [0, 0.1) is 0 Å². The van der Waals surface area contributed by atoms with E-state index in [-0.39, 0.29) is 5.91 Å². The number of carbonyl (C=O) groups excluding carboxylic acids is 1. The van der Waals surface area contributed by atoms with Gasteiger partial charge >= 0.3 is 0 Å². The zero-order chi connectivity index (χ0) is 21.3. The van der Waals surface area contributed by atoms with E-state index in [0.29, 0.717) is 24.8 Å². The minimum Gasteiger partial charge on any atom is -0.495 e. The highest BCUT2D eigenvalue weighted by Crippen LogP contribution is 2.33. The number of amides is 1. The summed E-state index contributed by atoms with van der Waals surface area (Å²) in [6.07, 6.45) is 1.81. The average molecular weight is 472 g/mol. The standard InChI is InChI=1S/C22H26BrN5O2/c1-14(2)25-16-5-4-8-24-21(16)27-9-11-28(12-10-27)22(29)17-13-15-6-7-18(30-3)19(23)20(15)26-17/h4-8,13-14,25-26H,9-12H2,1-3H3. The van der Waals surface area contributed by atoms with Gasteiger partial charge in [0.05, 0.1) is 22.8 Å². The average Bonchev–Trinajstić information content (AvgIpc) is 3.19. The number of nitrogens with zero attached hydrogens (tertiary/aromatic N) is 3. The van der Waals surface area contributed by atoms with Crippen LogP contribution in [0.15, 0.2) is 41.0 Å². The molecule has 7 nitrogen and oxygen atoms in total. The number of carbonyl (C=O) groups is 1. The molecule has 8 heteroatoms. The van der Waals surface area contributed by atoms with Gasteiger partial charge in [0.2, 0.25) is 0 Å². The van der Waals surface area contributed by atoms with Gasteiger partial charge < -0.3 is 24.8 Å². The van der Waals surface area contributed by atoms with Gasteiger partial charge in [0.25, 0.3) is 5.91 Å². The van der Waals surface area contributed by atoms with Crippen LogP contribution in [-0.4, -0.2) is 60.1 Å². The summed E-state index contributed by atoms with van der Waals surface area (Å²) in [5.41, 5.74) is 2.49. The van der Waals surface area contributed by atoms with Crippen LogP contribution in [0.4, 0.5) is 11.5 Å². The SMILES string of the molecule is COc1ccc2cc(C(=O)N3CCN(c4ncccc4NC(C)C)CC3)[nH]c2c1Br. The summed E-state index contributed by atoms with van der Waals surface area (Å²) in [4.78, 5) is 25.1. The maximum Gasteiger partial charge on any atom is 0.270 e. The number of H-pyrrole nitrogens is 1. The molecule has 0 spiro atoms. The van der Waals surface area contributed by atoms with Gasteiger partial charge in [-0.1, -0.05) is 0 Å². The van der Waals surface area contributed by atoms with Crippen LogP contribution >= 0.6 is 15.9 Å². The van der Waals surface area contributed by atoms with Crippen molar-refractivity contribution in [1.29, 1.82) is 0 Å². The van der Waals surface area contributed by atoms with E-state index in [1.165, 1.54) is 0 Å². The number of methoxy groups -OCH3 is 1. The second-order valence-electron chi connectivity index (χ2n) is 7.68. The van der Waals surface area contributed by atoms with E-state index in [1.807, 2.05) is 35.4 Å². The molecule has 0 unspecified atom stereocenters. The van der Waals surface area contributed by atoms with Crippen molar-refractivity contribution in [2.75, 3.05) is 43.5 Å². The summed E-state index contributed by atoms with van der Waals surface area (Å²) in [6, 6.07) is 10.1. The Hall–Kier alpha value is -2.74. The van der Waals surface area contributed by atoms with Crippen LogP contribution in [0.5, 0.6) is 5.75 Å². The second-order valence-corrected chi connectivity index (χ2v) is 8.47. The molecule has 0 bridgehead atoms. The molecule has 1 saturated heterocycles. The molecule has 3 heterocycles. The van der Waals surface area contributed by atoms with Crippen molar-refractivity contribution in [1.82, 2.24) is 14.9 Å². The predicted molar refractivity (Wildman–Crippen MR) is 124 cm³/mol. The molecular weight excluding hydrogens is 446 g/mol. The van der Waals surface area contributed by atoms with Gasteiger partial charge in [-0.25, -0.2) is 4.98 Å². The number of benzene rings is 1. The molecule has 1 amide bonds. The van der Waals surface area contributed by atoms with Crippen molar-refractivity contribution in [3.63, 3.8) is 0 Å². The van der Waals surface area contributed by atoms with E-state index in [9.17, 15) is 4.79 Å². The van der Waals surface area contributed by atoms with Crippen molar-refractivity contribution in [2.24, 2.45) is 0 Å². The minimum atomic E-state index is 0.0123. The van der Waals surface area contributed by atoms with Gasteiger partial charge in [-0.3, -0.25) is 4.79 Å². The van der Waals surface area contributed by atoms with Crippen molar-refractivity contribution >= 4 is 44.2 Å². The van der Waals surface area contributed by atoms with Crippen molar-refractivity contribution in [3.8, 4) is 5.75 Å². The quantitative estimate of drug-likeness (QED) is 0.585. The largest absolute Gasteiger partial charge is 0.495 e. The van der Waals surface area contributed by atoms with Crippen LogP contribution in [0.25, 0.3) is 10.9 Å². The van der Waals surface area contributed by atoms with Crippen molar-refractivity contribution in [2.45, 2.75) is 19.9 Å². The maximum absolute atomic E-state index is 13.1. The highest BCUT2D eigenvalue weighted by Gasteiger charge is 2.25. The first-order valence-corrected chi connectivity index (χ1v) is 10.9. The number of halogens is 1. The Kier molecular flexibility index (Phi) is 5.85. The fourth-order valence-electron chi connectivity index (χ4n) is 3.78. The van der Waals surface area contributed by atoms with Gasteiger partial charge in [-0.2, -0.15) is 0 Å². The summed E-state index contributed by atoms with van der Waals surface area (Å²) in [5.74, 6) is 1.69. The van der Waals surface area contributed by atoms with Crippen molar-refractivity contribution < 1.29 is 9.53 Å². The molecule has 0 saturated carbocycles. The third-order valence-electron chi connectivity index (χ3n) is 5.25. The number of pyridine rings is 1. The van der Waals surface area contributed by atoms with E-state index in [4.69, 9.17) is 4.74 Å². The Morgan fingerprint density at radius 3 is 2.70 bits per heavy atom. The van der Waals surface area contributed by atoms with Crippen LogP contribution in [0.1, 0.15) is 24.3 Å². The Balaban J connectivity index is 1.48. The summed E-state index contributed by atoms with van der Waals surface area (Å²) in [6.45, 7) is 7.01. The number of fused-ring (bicyclic) bond motifs is 1. The number of piperazine rings is 1. The number of ether oxygens (including phenoxy) is 1. The molecule has 4 rings (SSSR count). The van der Waals surface area contributed by atoms with E-state index >= 15 is 0 Å². The number of aromatic amines is 1. The van der Waals surface area contributed by atoms with E-state index in [0.717, 1.165) is 45.7 Å². The molecule has 2 aromatic heterocycles. The number of aromatic nitrogens is 2. The fourth-order valence-corrected chi connectivity index (χ4v) is 4.40. The topological polar surface area (TPSA) is 73.5 Å². The molecule has 0 radical (unpaired) electrons. The van der Waals surface area contributed by atoms with E-state index < -0.39 is 0 Å². The predicted octanol–water partition coefficient (Wildman–Crippen LogP) is 4.12. The zero-order valence-corrected chi connectivity index (χ0v) is 19.0. The fraction of sp³-hybridized carbons (Fsp3) is 0.364. The zero-order valence-electron chi connectivity index (χ0n) is 17.4. The molecule has 0 aliphatic carbocycles. The van der Waals surface area contributed by atoms with E-state index in [2.05, 4.69) is 56.0 Å². The number of nitrogens with one attached hydrogen (secondary N) is 2. The third kappa shape index (κ3) is 3.96. The first kappa shape index (κ1) is 20.5. The normalized spacial score (nSPS) is 14.4. The highest BCUT2D eigenvalue weighted by atomic mass is 79.9. The molecule has 2 N–H and O–H groups in total. The Bertz CT molecular complexity index is 1060. The smallest absolute Gasteiger partial charge is 0.270 e. The number of anilines is 2. The lowest BCUT2D eigenvalue weighted by atomic mass is 10.2. The van der Waals surface area contributed by atoms with Crippen LogP contribution in [-0.2, 0) is 0 Å². The van der Waals surface area contributed by atoms with Gasteiger partial charge in [0.15, 0.2) is 5.82 Å². The minimum absolute atomic E-state index is 0.0123. The molecule has 158 valence electrons. The summed E-state index contributed by atoms with van der Waals surface area (Å²) in [5, 5.41) is 4.43. The maximum atomic E-state index is 13.1.